The number of carbonyl (C=O) groups is 2. The van der Waals surface area contributed by atoms with Gasteiger partial charge in [-0.2, -0.15) is 8.78 Å². The van der Waals surface area contributed by atoms with Crippen molar-refractivity contribution in [1.82, 2.24) is 0 Å². The molecule has 7 nitrogen and oxygen atoms in total. The molecule has 0 radical (unpaired) electrons. The third-order valence-corrected chi connectivity index (χ3v) is 5.65. The van der Waals surface area contributed by atoms with E-state index in [1.807, 2.05) is 6.07 Å². The Morgan fingerprint density at radius 2 is 1.75 bits per heavy atom. The lowest BCUT2D eigenvalue weighted by Crippen LogP contribution is -2.36. The van der Waals surface area contributed by atoms with E-state index in [9.17, 15) is 18.4 Å². The number of carbonyl (C=O) groups excluding carboxylic acids is 2. The van der Waals surface area contributed by atoms with Gasteiger partial charge in [-0.25, -0.2) is 0 Å². The van der Waals surface area contributed by atoms with Gasteiger partial charge in [0.25, 0.3) is 5.91 Å². The average molecular weight is 447 g/mol. The predicted octanol–water partition coefficient (Wildman–Crippen LogP) is 4.05. The van der Waals surface area contributed by atoms with Gasteiger partial charge in [0, 0.05) is 0 Å². The van der Waals surface area contributed by atoms with Crippen molar-refractivity contribution in [2.24, 2.45) is 0 Å². The van der Waals surface area contributed by atoms with E-state index in [2.05, 4.69) is 10.1 Å². The van der Waals surface area contributed by atoms with E-state index >= 15 is 0 Å². The number of halogens is 2. The van der Waals surface area contributed by atoms with Gasteiger partial charge in [0.15, 0.2) is 18.1 Å². The van der Waals surface area contributed by atoms with Gasteiger partial charge in [0.1, 0.15) is 19.0 Å². The van der Waals surface area contributed by atoms with Gasteiger partial charge in [-0.15, -0.1) is 0 Å². The third kappa shape index (κ3) is 4.61. The molecule has 1 aliphatic heterocycles. The first-order chi connectivity index (χ1) is 15.5. The molecule has 2 aromatic carbocycles. The molecule has 1 N–H and O–H groups in total. The lowest BCUT2D eigenvalue weighted by molar-refractivity contribution is -0.153. The number of para-hydroxylation sites is 2. The van der Waals surface area contributed by atoms with Gasteiger partial charge in [-0.05, 0) is 42.7 Å². The second-order valence-electron chi connectivity index (χ2n) is 7.65. The molecule has 32 heavy (non-hydrogen) atoms. The molecule has 0 unspecified atom stereocenters. The van der Waals surface area contributed by atoms with Crippen molar-refractivity contribution in [2.75, 3.05) is 25.1 Å². The molecule has 0 bridgehead atoms. The number of esters is 1. The fourth-order valence-electron chi connectivity index (χ4n) is 4.15. The van der Waals surface area contributed by atoms with E-state index in [4.69, 9.17) is 14.2 Å². The Bertz CT molecular complexity index is 990. The Morgan fingerprint density at radius 1 is 1.03 bits per heavy atom. The Hall–Kier alpha value is -3.36. The van der Waals surface area contributed by atoms with Crippen LogP contribution in [0.5, 0.6) is 17.2 Å². The SMILES string of the molecule is O=C(COC(=O)C1(c2ccc3c(c2)OCCO3)CCCC1)Nc1ccccc1OC(F)F. The molecule has 1 fully saturated rings. The van der Waals surface area contributed by atoms with Crippen LogP contribution in [0.15, 0.2) is 42.5 Å². The van der Waals surface area contributed by atoms with Crippen LogP contribution in [0.1, 0.15) is 31.2 Å². The standard InChI is InChI=1S/C23H23F2NO6/c24-22(25)32-17-6-2-1-5-16(17)26-20(27)14-31-21(28)23(9-3-4-10-23)15-7-8-18-19(13-15)30-12-11-29-18/h1-2,5-8,13,22H,3-4,9-12,14H2,(H,26,27). The minimum absolute atomic E-state index is 0.0660. The zero-order chi connectivity index (χ0) is 22.6. The topological polar surface area (TPSA) is 83.1 Å². The zero-order valence-electron chi connectivity index (χ0n) is 17.3. The second-order valence-corrected chi connectivity index (χ2v) is 7.65. The van der Waals surface area contributed by atoms with Crippen LogP contribution in [-0.4, -0.2) is 38.3 Å². The van der Waals surface area contributed by atoms with Gasteiger partial charge in [0.05, 0.1) is 11.1 Å². The van der Waals surface area contributed by atoms with Gasteiger partial charge in [-0.1, -0.05) is 31.0 Å². The highest BCUT2D eigenvalue weighted by molar-refractivity contribution is 5.95. The van der Waals surface area contributed by atoms with Gasteiger partial charge in [0.2, 0.25) is 0 Å². The van der Waals surface area contributed by atoms with Crippen molar-refractivity contribution in [1.29, 1.82) is 0 Å². The molecule has 0 spiro atoms. The first-order valence-electron chi connectivity index (χ1n) is 10.4. The van der Waals surface area contributed by atoms with Crippen LogP contribution in [-0.2, 0) is 19.7 Å². The van der Waals surface area contributed by atoms with Crippen molar-refractivity contribution in [3.63, 3.8) is 0 Å². The van der Waals surface area contributed by atoms with Crippen molar-refractivity contribution >= 4 is 17.6 Å². The molecular formula is C23H23F2NO6. The minimum atomic E-state index is -3.03. The number of fused-ring (bicyclic) bond motifs is 1. The van der Waals surface area contributed by atoms with Gasteiger partial charge in [-0.3, -0.25) is 9.59 Å². The fourth-order valence-corrected chi connectivity index (χ4v) is 4.15. The maximum Gasteiger partial charge on any atom is 0.387 e. The minimum Gasteiger partial charge on any atom is -0.486 e. The summed E-state index contributed by atoms with van der Waals surface area (Å²) in [7, 11) is 0. The first kappa shape index (κ1) is 21.9. The third-order valence-electron chi connectivity index (χ3n) is 5.65. The van der Waals surface area contributed by atoms with Crippen molar-refractivity contribution < 1.29 is 37.3 Å². The van der Waals surface area contributed by atoms with Crippen LogP contribution in [0.2, 0.25) is 0 Å². The number of anilines is 1. The number of nitrogens with one attached hydrogen (secondary N) is 1. The van der Waals surface area contributed by atoms with Crippen LogP contribution in [0.25, 0.3) is 0 Å². The van der Waals surface area contributed by atoms with Crippen LogP contribution in [0.3, 0.4) is 0 Å². The van der Waals surface area contributed by atoms with E-state index in [1.54, 1.807) is 18.2 Å². The molecule has 9 heteroatoms. The smallest absolute Gasteiger partial charge is 0.387 e. The number of amides is 1. The number of rotatable bonds is 7. The highest BCUT2D eigenvalue weighted by Gasteiger charge is 2.45. The van der Waals surface area contributed by atoms with E-state index in [0.29, 0.717) is 37.6 Å². The molecule has 2 aliphatic rings. The zero-order valence-corrected chi connectivity index (χ0v) is 17.3. The number of hydrogen-bond acceptors (Lipinski definition) is 6. The molecular weight excluding hydrogens is 424 g/mol. The Kier molecular flexibility index (Phi) is 6.43. The number of ether oxygens (including phenoxy) is 4. The molecule has 170 valence electrons. The summed E-state index contributed by atoms with van der Waals surface area (Å²) in [6.45, 7) is -2.67. The monoisotopic (exact) mass is 447 g/mol. The van der Waals surface area contributed by atoms with E-state index in [-0.39, 0.29) is 11.4 Å². The molecule has 0 saturated heterocycles. The summed E-state index contributed by atoms with van der Waals surface area (Å²) in [5, 5.41) is 2.44. The summed E-state index contributed by atoms with van der Waals surface area (Å²) in [5.41, 5.74) is -0.0381. The van der Waals surface area contributed by atoms with Crippen molar-refractivity contribution in [3.8, 4) is 17.2 Å². The maximum atomic E-state index is 13.1. The van der Waals surface area contributed by atoms with Crippen LogP contribution < -0.4 is 19.5 Å². The largest absolute Gasteiger partial charge is 0.486 e. The molecule has 0 aromatic heterocycles. The Morgan fingerprint density at radius 3 is 2.50 bits per heavy atom. The summed E-state index contributed by atoms with van der Waals surface area (Å²) in [6, 6.07) is 11.2. The lowest BCUT2D eigenvalue weighted by atomic mass is 9.78. The molecule has 1 amide bonds. The van der Waals surface area contributed by atoms with Crippen LogP contribution in [0, 0.1) is 0 Å². The molecule has 1 aliphatic carbocycles. The van der Waals surface area contributed by atoms with Crippen molar-refractivity contribution in [2.45, 2.75) is 37.7 Å². The summed E-state index contributed by atoms with van der Waals surface area (Å²) < 4.78 is 46.1. The molecule has 0 atom stereocenters. The molecule has 4 rings (SSSR count). The van der Waals surface area contributed by atoms with Gasteiger partial charge >= 0.3 is 12.6 Å². The van der Waals surface area contributed by atoms with E-state index in [1.165, 1.54) is 18.2 Å². The molecule has 1 saturated carbocycles. The molecule has 1 heterocycles. The van der Waals surface area contributed by atoms with Gasteiger partial charge < -0.3 is 24.3 Å². The molecule has 2 aromatic rings. The maximum absolute atomic E-state index is 13.1. The summed E-state index contributed by atoms with van der Waals surface area (Å²) in [4.78, 5) is 25.4. The quantitative estimate of drug-likeness (QED) is 0.645. The Balaban J connectivity index is 1.44. The predicted molar refractivity (Wildman–Crippen MR) is 110 cm³/mol. The first-order valence-corrected chi connectivity index (χ1v) is 10.4. The average Bonchev–Trinajstić information content (AvgIpc) is 3.29. The van der Waals surface area contributed by atoms with Crippen LogP contribution in [0.4, 0.5) is 14.5 Å². The van der Waals surface area contributed by atoms with E-state index < -0.39 is 30.5 Å². The highest BCUT2D eigenvalue weighted by atomic mass is 19.3. The Labute approximate surface area is 183 Å². The summed E-state index contributed by atoms with van der Waals surface area (Å²) >= 11 is 0. The fraction of sp³-hybridized carbons (Fsp3) is 0.391. The van der Waals surface area contributed by atoms with Crippen molar-refractivity contribution in [3.05, 3.63) is 48.0 Å². The highest BCUT2D eigenvalue weighted by Crippen LogP contribution is 2.45. The summed E-state index contributed by atoms with van der Waals surface area (Å²) in [6.07, 6.45) is 2.90. The van der Waals surface area contributed by atoms with E-state index in [0.717, 1.165) is 18.4 Å². The summed E-state index contributed by atoms with van der Waals surface area (Å²) in [5.74, 6) is -0.115. The number of hydrogen-bond donors (Lipinski definition) is 1. The second kappa shape index (κ2) is 9.42. The number of benzene rings is 2. The normalized spacial score (nSPS) is 16.5. The lowest BCUT2D eigenvalue weighted by Gasteiger charge is -2.28. The van der Waals surface area contributed by atoms with Crippen LogP contribution >= 0.6 is 0 Å². The number of alkyl halides is 2.